The van der Waals surface area contributed by atoms with E-state index in [-0.39, 0.29) is 9.79 Å². The van der Waals surface area contributed by atoms with Crippen molar-refractivity contribution in [3.63, 3.8) is 0 Å². The molecule has 0 fully saturated rings. The summed E-state index contributed by atoms with van der Waals surface area (Å²) in [5.74, 6) is 0. The van der Waals surface area contributed by atoms with Crippen molar-refractivity contribution in [2.45, 2.75) is 55.7 Å². The van der Waals surface area contributed by atoms with Gasteiger partial charge in [0.1, 0.15) is 5.60 Å². The highest BCUT2D eigenvalue weighted by Gasteiger charge is 2.31. The molecule has 1 aromatic heterocycles. The average Bonchev–Trinajstić information content (AvgIpc) is 2.99. The van der Waals surface area contributed by atoms with E-state index in [1.54, 1.807) is 33.9 Å². The molecule has 0 radical (unpaired) electrons. The van der Waals surface area contributed by atoms with Crippen LogP contribution in [0.4, 0.5) is 18.0 Å². The molecule has 0 unspecified atom stereocenters. The summed E-state index contributed by atoms with van der Waals surface area (Å²) in [6.45, 7) is 7.61. The van der Waals surface area contributed by atoms with Gasteiger partial charge in [0.2, 0.25) is 9.84 Å². The van der Waals surface area contributed by atoms with E-state index >= 15 is 0 Å². The lowest BCUT2D eigenvalue weighted by Crippen LogP contribution is -2.35. The van der Waals surface area contributed by atoms with Gasteiger partial charge in [0.15, 0.2) is 0 Å². The molecule has 3 rings (SSSR count). The van der Waals surface area contributed by atoms with Gasteiger partial charge in [-0.15, -0.1) is 0 Å². The van der Waals surface area contributed by atoms with Crippen LogP contribution in [0.1, 0.15) is 37.6 Å². The van der Waals surface area contributed by atoms with Crippen molar-refractivity contribution >= 4 is 26.8 Å². The maximum Gasteiger partial charge on any atom is 0.416 e. The monoisotopic (exact) mass is 510 g/mol. The van der Waals surface area contributed by atoms with Gasteiger partial charge in [-0.1, -0.05) is 0 Å². The van der Waals surface area contributed by atoms with E-state index in [0.29, 0.717) is 18.4 Å². The van der Waals surface area contributed by atoms with Crippen molar-refractivity contribution < 1.29 is 31.1 Å². The third-order valence-electron chi connectivity index (χ3n) is 5.80. The minimum atomic E-state index is -4.55. The molecule has 1 heterocycles. The quantitative estimate of drug-likeness (QED) is 0.439. The molecule has 2 aromatic carbocycles. The summed E-state index contributed by atoms with van der Waals surface area (Å²) >= 11 is 0. The summed E-state index contributed by atoms with van der Waals surface area (Å²) in [6, 6.07) is 8.13. The fourth-order valence-electron chi connectivity index (χ4n) is 3.78. The lowest BCUT2D eigenvalue weighted by Gasteiger charge is -2.24. The first-order valence-corrected chi connectivity index (χ1v) is 12.4. The van der Waals surface area contributed by atoms with Gasteiger partial charge in [-0.25, -0.2) is 13.2 Å². The van der Waals surface area contributed by atoms with E-state index in [2.05, 4.69) is 0 Å². The van der Waals surface area contributed by atoms with Crippen molar-refractivity contribution in [2.75, 3.05) is 13.6 Å². The number of rotatable bonds is 5. The number of hydrogen-bond acceptors (Lipinski definition) is 4. The molecule has 10 heteroatoms. The summed E-state index contributed by atoms with van der Waals surface area (Å²) in [7, 11) is -0.541. The van der Waals surface area contributed by atoms with Crippen LogP contribution >= 0.6 is 0 Å². The fraction of sp³-hybridized carbons (Fsp3) is 0.400. The van der Waals surface area contributed by atoms with Gasteiger partial charge in [-0.2, -0.15) is 13.2 Å². The molecule has 0 aliphatic heterocycles. The predicted molar refractivity (Wildman–Crippen MR) is 127 cm³/mol. The second-order valence-corrected chi connectivity index (χ2v) is 11.4. The maximum atomic E-state index is 13.2. The van der Waals surface area contributed by atoms with Crippen LogP contribution in [-0.2, 0) is 34.2 Å². The van der Waals surface area contributed by atoms with E-state index in [4.69, 9.17) is 4.74 Å². The molecule has 6 nitrogen and oxygen atoms in total. The third kappa shape index (κ3) is 5.63. The molecular weight excluding hydrogens is 481 g/mol. The molecule has 1 amide bonds. The van der Waals surface area contributed by atoms with E-state index in [0.717, 1.165) is 41.0 Å². The molecule has 3 aromatic rings. The van der Waals surface area contributed by atoms with Crippen molar-refractivity contribution in [3.05, 3.63) is 59.3 Å². The largest absolute Gasteiger partial charge is 0.444 e. The first kappa shape index (κ1) is 26.6. The number of amides is 1. The number of sulfone groups is 1. The minimum absolute atomic E-state index is 0.0166. The van der Waals surface area contributed by atoms with Gasteiger partial charge in [-0.05, 0) is 82.1 Å². The Balaban J connectivity index is 1.95. The molecule has 35 heavy (non-hydrogen) atoms. The average molecular weight is 511 g/mol. The van der Waals surface area contributed by atoms with Crippen LogP contribution in [-0.4, -0.2) is 43.2 Å². The van der Waals surface area contributed by atoms with Gasteiger partial charge >= 0.3 is 12.3 Å². The number of benzene rings is 2. The minimum Gasteiger partial charge on any atom is -0.444 e. The van der Waals surface area contributed by atoms with Gasteiger partial charge in [0.25, 0.3) is 0 Å². The van der Waals surface area contributed by atoms with E-state index in [9.17, 15) is 26.4 Å². The lowest BCUT2D eigenvalue weighted by molar-refractivity contribution is -0.137. The highest BCUT2D eigenvalue weighted by molar-refractivity contribution is 7.91. The van der Waals surface area contributed by atoms with Crippen LogP contribution in [0.3, 0.4) is 0 Å². The molecule has 0 aliphatic carbocycles. The molecule has 190 valence electrons. The Labute approximate surface area is 203 Å². The van der Waals surface area contributed by atoms with Gasteiger partial charge < -0.3 is 14.2 Å². The number of aromatic nitrogens is 1. The molecule has 0 aliphatic rings. The summed E-state index contributed by atoms with van der Waals surface area (Å²) in [6.07, 6.45) is -4.55. The topological polar surface area (TPSA) is 68.6 Å². The number of nitrogens with zero attached hydrogens (tertiary/aromatic N) is 2. The highest BCUT2D eigenvalue weighted by Crippen LogP contribution is 2.33. The summed E-state index contributed by atoms with van der Waals surface area (Å²) < 4.78 is 72.3. The molecule has 0 spiro atoms. The van der Waals surface area contributed by atoms with Crippen molar-refractivity contribution in [3.8, 4) is 0 Å². The number of fused-ring (bicyclic) bond motifs is 1. The Bertz CT molecular complexity index is 1350. The number of hydrogen-bond donors (Lipinski definition) is 0. The standard InChI is InChI=1S/C25H29F3N2O4S/c1-16-20(13-14-29(5)23(31)34-24(2,3)4)21-15-19(11-12-22(21)30(16)6)35(32,33)18-9-7-17(8-10-18)25(26,27)28/h7-12,15H,13-14H2,1-6H3. The van der Waals surface area contributed by atoms with Gasteiger partial charge in [0.05, 0.1) is 15.4 Å². The number of carbonyl (C=O) groups excluding carboxylic acids is 1. The Morgan fingerprint density at radius 3 is 2.14 bits per heavy atom. The van der Waals surface area contributed by atoms with Crippen LogP contribution < -0.4 is 0 Å². The Morgan fingerprint density at radius 1 is 1.03 bits per heavy atom. The lowest BCUT2D eigenvalue weighted by atomic mass is 10.1. The zero-order chi connectivity index (χ0) is 26.3. The summed E-state index contributed by atoms with van der Waals surface area (Å²) in [4.78, 5) is 13.5. The SMILES string of the molecule is Cc1c(CCN(C)C(=O)OC(C)(C)C)c2cc(S(=O)(=O)c3ccc(C(F)(F)F)cc3)ccc2n1C. The number of aryl methyl sites for hydroxylation is 1. The number of halogens is 3. The highest BCUT2D eigenvalue weighted by atomic mass is 32.2. The van der Waals surface area contributed by atoms with Crippen molar-refractivity contribution in [2.24, 2.45) is 7.05 Å². The van der Waals surface area contributed by atoms with Crippen molar-refractivity contribution in [1.29, 1.82) is 0 Å². The van der Waals surface area contributed by atoms with Crippen molar-refractivity contribution in [1.82, 2.24) is 9.47 Å². The van der Waals surface area contributed by atoms with Crippen LogP contribution in [0, 0.1) is 6.92 Å². The smallest absolute Gasteiger partial charge is 0.416 e. The first-order chi connectivity index (χ1) is 16.0. The van der Waals surface area contributed by atoms with Crippen LogP contribution in [0.2, 0.25) is 0 Å². The first-order valence-electron chi connectivity index (χ1n) is 11.0. The fourth-order valence-corrected chi connectivity index (χ4v) is 5.07. The predicted octanol–water partition coefficient (Wildman–Crippen LogP) is 5.75. The normalized spacial score (nSPS) is 12.7. The van der Waals surface area contributed by atoms with E-state index in [1.165, 1.54) is 17.0 Å². The Hall–Kier alpha value is -3.01. The number of likely N-dealkylation sites (N-methyl/N-ethyl adjacent to an activating group) is 1. The second kappa shape index (κ2) is 9.22. The maximum absolute atomic E-state index is 13.2. The molecule has 0 N–H and O–H groups in total. The Kier molecular flexibility index (Phi) is 7.00. The van der Waals surface area contributed by atoms with Gasteiger partial charge in [-0.3, -0.25) is 0 Å². The second-order valence-electron chi connectivity index (χ2n) is 9.48. The molecule has 0 saturated heterocycles. The number of alkyl halides is 3. The Morgan fingerprint density at radius 2 is 1.60 bits per heavy atom. The molecule has 0 saturated carbocycles. The van der Waals surface area contributed by atoms with Crippen LogP contribution in [0.5, 0.6) is 0 Å². The molecular formula is C25H29F3N2O4S. The summed E-state index contributed by atoms with van der Waals surface area (Å²) in [5, 5.41) is 0.704. The van der Waals surface area contributed by atoms with Gasteiger partial charge in [0, 0.05) is 37.2 Å². The number of carbonyl (C=O) groups is 1. The number of ether oxygens (including phenoxy) is 1. The third-order valence-corrected chi connectivity index (χ3v) is 7.57. The molecule has 0 atom stereocenters. The zero-order valence-corrected chi connectivity index (χ0v) is 21.3. The van der Waals surface area contributed by atoms with Crippen LogP contribution in [0.25, 0.3) is 10.9 Å². The van der Waals surface area contributed by atoms with E-state index in [1.807, 2.05) is 18.5 Å². The van der Waals surface area contributed by atoms with E-state index < -0.39 is 33.3 Å². The summed E-state index contributed by atoms with van der Waals surface area (Å²) in [5.41, 5.74) is 1.07. The molecule has 0 bridgehead atoms. The van der Waals surface area contributed by atoms with Crippen LogP contribution in [0.15, 0.2) is 52.3 Å². The zero-order valence-electron chi connectivity index (χ0n) is 20.5.